The average molecular weight is 348 g/mol. The normalized spacial score (nSPS) is 23.8. The molecule has 0 radical (unpaired) electrons. The first-order valence-corrected chi connectivity index (χ1v) is 7.77. The molecule has 2 amide bonds. The SMILES string of the molecule is CC1CC(CNC(=O)NCc2c(F)cc(F)c(F)c2F)CC(C)O1. The second-order valence-electron chi connectivity index (χ2n) is 6.11. The Kier molecular flexibility index (Phi) is 6.04. The molecule has 134 valence electrons. The van der Waals surface area contributed by atoms with Crippen LogP contribution in [0.1, 0.15) is 32.3 Å². The summed E-state index contributed by atoms with van der Waals surface area (Å²) >= 11 is 0. The number of urea groups is 1. The van der Waals surface area contributed by atoms with Gasteiger partial charge in [0.15, 0.2) is 17.5 Å². The molecule has 1 saturated heterocycles. The topological polar surface area (TPSA) is 50.4 Å². The van der Waals surface area contributed by atoms with Crippen molar-refractivity contribution in [2.45, 2.75) is 45.4 Å². The van der Waals surface area contributed by atoms with E-state index < -0.39 is 41.4 Å². The zero-order valence-corrected chi connectivity index (χ0v) is 13.5. The maximum absolute atomic E-state index is 13.5. The standard InChI is InChI=1S/C16H20F4N2O2/c1-8-3-10(4-9(2)24-8)6-21-16(23)22-7-11-12(17)5-13(18)15(20)14(11)19/h5,8-10H,3-4,6-7H2,1-2H3,(H2,21,22,23). The zero-order valence-electron chi connectivity index (χ0n) is 13.5. The van der Waals surface area contributed by atoms with Crippen LogP contribution in [0.4, 0.5) is 22.4 Å². The van der Waals surface area contributed by atoms with Crippen LogP contribution in [0.5, 0.6) is 0 Å². The minimum atomic E-state index is -1.77. The summed E-state index contributed by atoms with van der Waals surface area (Å²) in [6, 6.07) is -0.386. The maximum atomic E-state index is 13.5. The molecule has 1 fully saturated rings. The number of benzene rings is 1. The fourth-order valence-corrected chi connectivity index (χ4v) is 2.94. The molecule has 2 N–H and O–H groups in total. The van der Waals surface area contributed by atoms with Gasteiger partial charge in [0.1, 0.15) is 5.82 Å². The van der Waals surface area contributed by atoms with E-state index in [4.69, 9.17) is 4.74 Å². The van der Waals surface area contributed by atoms with Crippen LogP contribution in [-0.2, 0) is 11.3 Å². The molecule has 1 aliphatic heterocycles. The van der Waals surface area contributed by atoms with Crippen molar-refractivity contribution in [1.82, 2.24) is 10.6 Å². The van der Waals surface area contributed by atoms with Crippen molar-refractivity contribution in [3.05, 3.63) is 34.9 Å². The first kappa shape index (κ1) is 18.5. The van der Waals surface area contributed by atoms with Crippen molar-refractivity contribution < 1.29 is 27.1 Å². The lowest BCUT2D eigenvalue weighted by Gasteiger charge is -2.32. The second-order valence-corrected chi connectivity index (χ2v) is 6.11. The van der Waals surface area contributed by atoms with Crippen LogP contribution in [0.15, 0.2) is 6.07 Å². The van der Waals surface area contributed by atoms with Crippen molar-refractivity contribution in [2.24, 2.45) is 5.92 Å². The number of hydrogen-bond donors (Lipinski definition) is 2. The molecule has 8 heteroatoms. The molecule has 1 aromatic rings. The Morgan fingerprint density at radius 2 is 1.71 bits per heavy atom. The van der Waals surface area contributed by atoms with Crippen molar-refractivity contribution in [2.75, 3.05) is 6.54 Å². The number of nitrogens with one attached hydrogen (secondary N) is 2. The molecule has 1 aliphatic rings. The molecule has 2 unspecified atom stereocenters. The van der Waals surface area contributed by atoms with Crippen LogP contribution in [0, 0.1) is 29.2 Å². The summed E-state index contributed by atoms with van der Waals surface area (Å²) in [6.07, 6.45) is 1.82. The molecule has 0 aliphatic carbocycles. The number of carbonyl (C=O) groups excluding carboxylic acids is 1. The molecule has 0 aromatic heterocycles. The number of carbonyl (C=O) groups is 1. The van der Waals surface area contributed by atoms with Gasteiger partial charge in [0.25, 0.3) is 0 Å². The third kappa shape index (κ3) is 4.59. The van der Waals surface area contributed by atoms with Crippen LogP contribution in [0.3, 0.4) is 0 Å². The van der Waals surface area contributed by atoms with Gasteiger partial charge in [-0.25, -0.2) is 22.4 Å². The maximum Gasteiger partial charge on any atom is 0.315 e. The number of hydrogen-bond acceptors (Lipinski definition) is 2. The smallest absolute Gasteiger partial charge is 0.315 e. The van der Waals surface area contributed by atoms with Crippen molar-refractivity contribution in [3.8, 4) is 0 Å². The van der Waals surface area contributed by atoms with Gasteiger partial charge >= 0.3 is 6.03 Å². The molecular weight excluding hydrogens is 328 g/mol. The predicted octanol–water partition coefficient (Wildman–Crippen LogP) is 3.25. The van der Waals surface area contributed by atoms with Gasteiger partial charge in [-0.3, -0.25) is 0 Å². The first-order valence-electron chi connectivity index (χ1n) is 7.77. The van der Waals surface area contributed by atoms with Crippen LogP contribution >= 0.6 is 0 Å². The van der Waals surface area contributed by atoms with Gasteiger partial charge in [-0.05, 0) is 32.6 Å². The van der Waals surface area contributed by atoms with Gasteiger partial charge in [0.05, 0.1) is 18.8 Å². The fraction of sp³-hybridized carbons (Fsp3) is 0.562. The van der Waals surface area contributed by atoms with Crippen molar-refractivity contribution in [1.29, 1.82) is 0 Å². The summed E-state index contributed by atoms with van der Waals surface area (Å²) in [5.74, 6) is -6.02. The lowest BCUT2D eigenvalue weighted by Crippen LogP contribution is -2.41. The first-order chi connectivity index (χ1) is 11.3. The van der Waals surface area contributed by atoms with Crippen LogP contribution in [-0.4, -0.2) is 24.8 Å². The fourth-order valence-electron chi connectivity index (χ4n) is 2.94. The third-order valence-electron chi connectivity index (χ3n) is 3.98. The lowest BCUT2D eigenvalue weighted by atomic mass is 9.92. The van der Waals surface area contributed by atoms with Gasteiger partial charge in [-0.15, -0.1) is 0 Å². The van der Waals surface area contributed by atoms with E-state index in [-0.39, 0.29) is 24.2 Å². The van der Waals surface area contributed by atoms with E-state index in [0.29, 0.717) is 6.54 Å². The van der Waals surface area contributed by atoms with Gasteiger partial charge in [0, 0.05) is 18.2 Å². The van der Waals surface area contributed by atoms with E-state index in [2.05, 4.69) is 10.6 Å². The Morgan fingerprint density at radius 3 is 2.33 bits per heavy atom. The van der Waals surface area contributed by atoms with Crippen LogP contribution < -0.4 is 10.6 Å². The van der Waals surface area contributed by atoms with E-state index in [9.17, 15) is 22.4 Å². The second kappa shape index (κ2) is 7.83. The van der Waals surface area contributed by atoms with Crippen molar-refractivity contribution in [3.63, 3.8) is 0 Å². The summed E-state index contributed by atoms with van der Waals surface area (Å²) in [6.45, 7) is 3.72. The predicted molar refractivity (Wildman–Crippen MR) is 79.2 cm³/mol. The highest BCUT2D eigenvalue weighted by Crippen LogP contribution is 2.24. The highest BCUT2D eigenvalue weighted by Gasteiger charge is 2.25. The van der Waals surface area contributed by atoms with E-state index in [1.54, 1.807) is 0 Å². The van der Waals surface area contributed by atoms with E-state index in [1.165, 1.54) is 0 Å². The minimum absolute atomic E-state index is 0.106. The minimum Gasteiger partial charge on any atom is -0.376 e. The Balaban J connectivity index is 1.85. The lowest BCUT2D eigenvalue weighted by molar-refractivity contribution is -0.0511. The van der Waals surface area contributed by atoms with E-state index >= 15 is 0 Å². The number of amides is 2. The molecule has 24 heavy (non-hydrogen) atoms. The molecule has 0 spiro atoms. The summed E-state index contributed by atoms with van der Waals surface area (Å²) in [4.78, 5) is 11.7. The molecule has 2 atom stereocenters. The molecule has 1 heterocycles. The molecule has 0 saturated carbocycles. The van der Waals surface area contributed by atoms with E-state index in [0.717, 1.165) is 12.8 Å². The highest BCUT2D eigenvalue weighted by molar-refractivity contribution is 5.73. The number of ether oxygens (including phenoxy) is 1. The largest absolute Gasteiger partial charge is 0.376 e. The summed E-state index contributed by atoms with van der Waals surface area (Å²) in [5.41, 5.74) is -0.725. The molecule has 2 rings (SSSR count). The molecule has 0 bridgehead atoms. The van der Waals surface area contributed by atoms with E-state index in [1.807, 2.05) is 13.8 Å². The van der Waals surface area contributed by atoms with Gasteiger partial charge in [0.2, 0.25) is 0 Å². The Bertz CT molecular complexity index is 602. The Hall–Kier alpha value is -1.83. The monoisotopic (exact) mass is 348 g/mol. The molecular formula is C16H20F4N2O2. The summed E-state index contributed by atoms with van der Waals surface area (Å²) in [5, 5.41) is 4.85. The third-order valence-corrected chi connectivity index (χ3v) is 3.98. The average Bonchev–Trinajstić information content (AvgIpc) is 2.49. The summed E-state index contributed by atoms with van der Waals surface area (Å²) < 4.78 is 58.5. The molecule has 1 aromatic carbocycles. The number of rotatable bonds is 4. The highest BCUT2D eigenvalue weighted by atomic mass is 19.2. The van der Waals surface area contributed by atoms with Crippen LogP contribution in [0.25, 0.3) is 0 Å². The quantitative estimate of drug-likeness (QED) is 0.499. The van der Waals surface area contributed by atoms with Crippen molar-refractivity contribution >= 4 is 6.03 Å². The Labute approximate surface area is 137 Å². The summed E-state index contributed by atoms with van der Waals surface area (Å²) in [7, 11) is 0. The molecule has 4 nitrogen and oxygen atoms in total. The Morgan fingerprint density at radius 1 is 1.08 bits per heavy atom. The zero-order chi connectivity index (χ0) is 17.9. The van der Waals surface area contributed by atoms with Gasteiger partial charge in [-0.1, -0.05) is 0 Å². The van der Waals surface area contributed by atoms with Gasteiger partial charge < -0.3 is 15.4 Å². The van der Waals surface area contributed by atoms with Gasteiger partial charge in [-0.2, -0.15) is 0 Å². The van der Waals surface area contributed by atoms with Crippen LogP contribution in [0.2, 0.25) is 0 Å². The number of halogens is 4.